The zero-order chi connectivity index (χ0) is 19.4. The molecule has 0 unspecified atom stereocenters. The molecule has 2 aromatic carbocycles. The van der Waals surface area contributed by atoms with Gasteiger partial charge < -0.3 is 10.1 Å². The lowest BCUT2D eigenvalue weighted by atomic mass is 10.2. The van der Waals surface area contributed by atoms with Gasteiger partial charge in [-0.3, -0.25) is 4.79 Å². The number of anilines is 1. The van der Waals surface area contributed by atoms with Gasteiger partial charge in [0.2, 0.25) is 10.0 Å². The molecule has 144 valence electrons. The van der Waals surface area contributed by atoms with E-state index in [1.165, 1.54) is 29.6 Å². The number of ether oxygens (including phenoxy) is 1. The molecule has 1 aliphatic rings. The Hall–Kier alpha value is -2.09. The topological polar surface area (TPSA) is 75.7 Å². The number of piperidine rings is 1. The number of hydrogen-bond acceptors (Lipinski definition) is 4. The lowest BCUT2D eigenvalue weighted by molar-refractivity contribution is 0.102. The lowest BCUT2D eigenvalue weighted by Crippen LogP contribution is -2.35. The molecule has 2 aromatic rings. The largest absolute Gasteiger partial charge is 0.496 e. The minimum atomic E-state index is -3.65. The first kappa shape index (κ1) is 19.7. The van der Waals surface area contributed by atoms with E-state index in [1.807, 2.05) is 0 Å². The Morgan fingerprint density at radius 2 is 1.81 bits per heavy atom. The molecule has 0 saturated carbocycles. The summed E-state index contributed by atoms with van der Waals surface area (Å²) in [4.78, 5) is 12.8. The highest BCUT2D eigenvalue weighted by molar-refractivity contribution is 7.89. The number of nitrogens with zero attached hydrogens (tertiary/aromatic N) is 1. The van der Waals surface area contributed by atoms with Crippen LogP contribution in [-0.2, 0) is 10.0 Å². The third-order valence-electron chi connectivity index (χ3n) is 4.49. The van der Waals surface area contributed by atoms with E-state index in [9.17, 15) is 13.2 Å². The highest BCUT2D eigenvalue weighted by Gasteiger charge is 2.27. The van der Waals surface area contributed by atoms with Crippen molar-refractivity contribution in [2.75, 3.05) is 25.5 Å². The Morgan fingerprint density at radius 3 is 2.48 bits per heavy atom. The Bertz CT molecular complexity index is 940. The van der Waals surface area contributed by atoms with E-state index in [4.69, 9.17) is 16.3 Å². The maximum absolute atomic E-state index is 12.9. The van der Waals surface area contributed by atoms with E-state index in [0.29, 0.717) is 23.8 Å². The Morgan fingerprint density at radius 1 is 1.11 bits per heavy atom. The maximum atomic E-state index is 12.9. The van der Waals surface area contributed by atoms with Gasteiger partial charge in [-0.2, -0.15) is 4.31 Å². The van der Waals surface area contributed by atoms with Gasteiger partial charge in [0.25, 0.3) is 5.91 Å². The van der Waals surface area contributed by atoms with Crippen molar-refractivity contribution in [1.82, 2.24) is 4.31 Å². The first-order valence-corrected chi connectivity index (χ1v) is 10.5. The van der Waals surface area contributed by atoms with Gasteiger partial charge in [-0.1, -0.05) is 30.2 Å². The van der Waals surface area contributed by atoms with Crippen LogP contribution in [0.5, 0.6) is 5.75 Å². The quantitative estimate of drug-likeness (QED) is 0.816. The third-order valence-corrected chi connectivity index (χ3v) is 6.71. The molecule has 1 N–H and O–H groups in total. The molecule has 1 saturated heterocycles. The van der Waals surface area contributed by atoms with Gasteiger partial charge in [-0.15, -0.1) is 0 Å². The zero-order valence-electron chi connectivity index (χ0n) is 14.9. The second-order valence-electron chi connectivity index (χ2n) is 6.26. The molecule has 1 amide bonds. The Balaban J connectivity index is 1.94. The Kier molecular flexibility index (Phi) is 6.04. The van der Waals surface area contributed by atoms with Crippen molar-refractivity contribution in [1.29, 1.82) is 0 Å². The van der Waals surface area contributed by atoms with Crippen molar-refractivity contribution in [3.8, 4) is 5.75 Å². The van der Waals surface area contributed by atoms with Crippen LogP contribution in [0.2, 0.25) is 5.02 Å². The Labute approximate surface area is 164 Å². The second-order valence-corrected chi connectivity index (χ2v) is 8.61. The standard InChI is InChI=1S/C19H21ClN2O4S/c1-26-18-10-9-14(27(24,25)22-11-5-2-6-12-22)13-15(18)19(23)21-17-8-4-3-7-16(17)20/h3-4,7-10,13H,2,5-6,11-12H2,1H3,(H,21,23). The molecule has 1 heterocycles. The fourth-order valence-corrected chi connectivity index (χ4v) is 4.76. The molecule has 0 atom stereocenters. The summed E-state index contributed by atoms with van der Waals surface area (Å²) in [5, 5.41) is 3.09. The molecule has 1 aliphatic heterocycles. The molecular formula is C19H21ClN2O4S. The van der Waals surface area contributed by atoms with Gasteiger partial charge >= 0.3 is 0 Å². The molecule has 6 nitrogen and oxygen atoms in total. The number of benzene rings is 2. The summed E-state index contributed by atoms with van der Waals surface area (Å²) in [6, 6.07) is 11.1. The number of nitrogens with one attached hydrogen (secondary N) is 1. The molecule has 0 spiro atoms. The molecule has 8 heteroatoms. The van der Waals surface area contributed by atoms with E-state index < -0.39 is 15.9 Å². The van der Waals surface area contributed by atoms with Crippen molar-refractivity contribution < 1.29 is 17.9 Å². The summed E-state index contributed by atoms with van der Waals surface area (Å²) in [6.45, 7) is 0.991. The summed E-state index contributed by atoms with van der Waals surface area (Å²) in [5.74, 6) is -0.201. The van der Waals surface area contributed by atoms with E-state index in [0.717, 1.165) is 19.3 Å². The average molecular weight is 409 g/mol. The molecule has 1 fully saturated rings. The molecule has 0 bridgehead atoms. The van der Waals surface area contributed by atoms with E-state index in [-0.39, 0.29) is 16.2 Å². The number of rotatable bonds is 5. The monoisotopic (exact) mass is 408 g/mol. The summed E-state index contributed by atoms with van der Waals surface area (Å²) < 4.78 is 32.5. The third kappa shape index (κ3) is 4.26. The van der Waals surface area contributed by atoms with Crippen LogP contribution in [0, 0.1) is 0 Å². The molecule has 0 radical (unpaired) electrons. The fourth-order valence-electron chi connectivity index (χ4n) is 3.03. The van der Waals surface area contributed by atoms with Crippen molar-refractivity contribution in [2.45, 2.75) is 24.2 Å². The number of amides is 1. The highest BCUT2D eigenvalue weighted by atomic mass is 35.5. The predicted molar refractivity (Wildman–Crippen MR) is 105 cm³/mol. The molecule has 3 rings (SSSR count). The highest BCUT2D eigenvalue weighted by Crippen LogP contribution is 2.28. The molecular weight excluding hydrogens is 388 g/mol. The van der Waals surface area contributed by atoms with Crippen molar-refractivity contribution >= 4 is 33.2 Å². The van der Waals surface area contributed by atoms with Gasteiger partial charge in [-0.25, -0.2) is 8.42 Å². The number of carbonyl (C=O) groups is 1. The maximum Gasteiger partial charge on any atom is 0.259 e. The summed E-state index contributed by atoms with van der Waals surface area (Å²) >= 11 is 6.09. The van der Waals surface area contributed by atoms with Gasteiger partial charge in [0, 0.05) is 13.1 Å². The SMILES string of the molecule is COc1ccc(S(=O)(=O)N2CCCCC2)cc1C(=O)Nc1ccccc1Cl. The average Bonchev–Trinajstić information content (AvgIpc) is 2.69. The summed E-state index contributed by atoms with van der Waals surface area (Å²) in [5.41, 5.74) is 0.575. The first-order valence-electron chi connectivity index (χ1n) is 8.67. The second kappa shape index (κ2) is 8.29. The van der Waals surface area contributed by atoms with Gasteiger partial charge in [0.15, 0.2) is 0 Å². The van der Waals surface area contributed by atoms with Crippen molar-refractivity contribution in [3.63, 3.8) is 0 Å². The number of sulfonamides is 1. The van der Waals surface area contributed by atoms with Crippen LogP contribution in [0.4, 0.5) is 5.69 Å². The normalized spacial score (nSPS) is 15.3. The van der Waals surface area contributed by atoms with Crippen LogP contribution in [0.25, 0.3) is 0 Å². The number of carbonyl (C=O) groups excluding carboxylic acids is 1. The van der Waals surface area contributed by atoms with Crippen LogP contribution < -0.4 is 10.1 Å². The molecule has 0 aliphatic carbocycles. The van der Waals surface area contributed by atoms with Crippen molar-refractivity contribution in [2.24, 2.45) is 0 Å². The lowest BCUT2D eigenvalue weighted by Gasteiger charge is -2.26. The predicted octanol–water partition coefficient (Wildman–Crippen LogP) is 3.78. The number of methoxy groups -OCH3 is 1. The van der Waals surface area contributed by atoms with E-state index in [1.54, 1.807) is 24.3 Å². The first-order chi connectivity index (χ1) is 12.9. The fraction of sp³-hybridized carbons (Fsp3) is 0.316. The molecule has 0 aromatic heterocycles. The number of halogens is 1. The molecule has 27 heavy (non-hydrogen) atoms. The van der Waals surface area contributed by atoms with Crippen molar-refractivity contribution in [3.05, 3.63) is 53.1 Å². The van der Waals surface area contributed by atoms with Crippen LogP contribution in [0.3, 0.4) is 0 Å². The van der Waals surface area contributed by atoms with Gasteiger partial charge in [0.05, 0.1) is 28.3 Å². The number of para-hydroxylation sites is 1. The van der Waals surface area contributed by atoms with Gasteiger partial charge in [0.1, 0.15) is 5.75 Å². The van der Waals surface area contributed by atoms with E-state index in [2.05, 4.69) is 5.32 Å². The smallest absolute Gasteiger partial charge is 0.259 e. The van der Waals surface area contributed by atoms with Crippen LogP contribution >= 0.6 is 11.6 Å². The zero-order valence-corrected chi connectivity index (χ0v) is 16.5. The minimum absolute atomic E-state index is 0.0782. The van der Waals surface area contributed by atoms with Crippen LogP contribution in [0.15, 0.2) is 47.4 Å². The van der Waals surface area contributed by atoms with Crippen LogP contribution in [0.1, 0.15) is 29.6 Å². The summed E-state index contributed by atoms with van der Waals surface area (Å²) in [7, 11) is -2.22. The van der Waals surface area contributed by atoms with E-state index >= 15 is 0 Å². The van der Waals surface area contributed by atoms with Crippen LogP contribution in [-0.4, -0.2) is 38.8 Å². The minimum Gasteiger partial charge on any atom is -0.496 e. The number of hydrogen-bond donors (Lipinski definition) is 1. The van der Waals surface area contributed by atoms with Gasteiger partial charge in [-0.05, 0) is 43.2 Å². The summed E-state index contributed by atoms with van der Waals surface area (Å²) in [6.07, 6.45) is 2.71.